The van der Waals surface area contributed by atoms with Crippen LogP contribution < -0.4 is 5.32 Å². The van der Waals surface area contributed by atoms with Crippen molar-refractivity contribution in [2.24, 2.45) is 12.0 Å². The molecule has 3 rings (SSSR count). The van der Waals surface area contributed by atoms with E-state index in [4.69, 9.17) is 4.74 Å². The summed E-state index contributed by atoms with van der Waals surface area (Å²) >= 11 is 0. The molecule has 1 aliphatic rings. The van der Waals surface area contributed by atoms with Crippen molar-refractivity contribution in [3.63, 3.8) is 0 Å². The molecule has 1 aliphatic heterocycles. The lowest BCUT2D eigenvalue weighted by atomic mass is 9.82. The summed E-state index contributed by atoms with van der Waals surface area (Å²) in [5, 5.41) is 7.76. The van der Waals surface area contributed by atoms with Gasteiger partial charge in [-0.15, -0.1) is 24.0 Å². The summed E-state index contributed by atoms with van der Waals surface area (Å²) in [5.74, 6) is 0.912. The molecule has 1 atom stereocenters. The number of nitrogens with zero attached hydrogens (tertiary/aromatic N) is 4. The van der Waals surface area contributed by atoms with Crippen LogP contribution in [0, 0.1) is 0 Å². The Morgan fingerprint density at radius 2 is 2.03 bits per heavy atom. The normalized spacial score (nSPS) is 17.8. The van der Waals surface area contributed by atoms with E-state index in [2.05, 4.69) is 65.3 Å². The molecule has 2 heterocycles. The molecule has 7 heteroatoms. The second-order valence-electron chi connectivity index (χ2n) is 8.09. The van der Waals surface area contributed by atoms with Gasteiger partial charge in [-0.3, -0.25) is 9.67 Å². The van der Waals surface area contributed by atoms with Gasteiger partial charge in [-0.2, -0.15) is 5.10 Å². The standard InChI is InChI=1S/C22H33N5O.HI/c1-6-22(2,3)19-9-7-17(8-10-19)13-24-21(23-4)27-11-12-28-20(16-27)18-14-25-26(5)15-18;/h7-10,14-15,20H,6,11-13,16H2,1-5H3,(H,23,24);1H. The molecule has 0 amide bonds. The van der Waals surface area contributed by atoms with Gasteiger partial charge in [0.25, 0.3) is 0 Å². The fraction of sp³-hybridized carbons (Fsp3) is 0.545. The SMILES string of the molecule is CCC(C)(C)c1ccc(CNC(=NC)N2CCOC(c3cnn(C)c3)C2)cc1.I. The van der Waals surface area contributed by atoms with Gasteiger partial charge in [0, 0.05) is 38.9 Å². The monoisotopic (exact) mass is 511 g/mol. The zero-order valence-electron chi connectivity index (χ0n) is 18.2. The van der Waals surface area contributed by atoms with Gasteiger partial charge in [-0.05, 0) is 23.0 Å². The van der Waals surface area contributed by atoms with Crippen molar-refractivity contribution in [2.45, 2.75) is 45.3 Å². The molecule has 0 radical (unpaired) electrons. The third kappa shape index (κ3) is 5.94. The van der Waals surface area contributed by atoms with Gasteiger partial charge in [-0.1, -0.05) is 45.0 Å². The number of hydrogen-bond acceptors (Lipinski definition) is 3. The quantitative estimate of drug-likeness (QED) is 0.376. The molecule has 0 aliphatic carbocycles. The first-order valence-corrected chi connectivity index (χ1v) is 10.1. The molecule has 1 N–H and O–H groups in total. The number of aryl methyl sites for hydroxylation is 1. The van der Waals surface area contributed by atoms with Gasteiger partial charge in [-0.25, -0.2) is 0 Å². The lowest BCUT2D eigenvalue weighted by molar-refractivity contribution is -0.00805. The van der Waals surface area contributed by atoms with Crippen molar-refractivity contribution < 1.29 is 4.74 Å². The Balaban J connectivity index is 0.00000300. The zero-order chi connectivity index (χ0) is 20.1. The maximum absolute atomic E-state index is 5.94. The number of benzene rings is 1. The van der Waals surface area contributed by atoms with E-state index in [-0.39, 0.29) is 35.5 Å². The van der Waals surface area contributed by atoms with Crippen LogP contribution in [0.3, 0.4) is 0 Å². The van der Waals surface area contributed by atoms with Crippen LogP contribution in [-0.4, -0.2) is 47.4 Å². The number of rotatable bonds is 5. The third-order valence-electron chi connectivity index (χ3n) is 5.74. The summed E-state index contributed by atoms with van der Waals surface area (Å²) in [7, 11) is 3.77. The molecule has 0 saturated carbocycles. The van der Waals surface area contributed by atoms with Gasteiger partial charge >= 0.3 is 0 Å². The fourth-order valence-electron chi connectivity index (χ4n) is 3.44. The first-order valence-electron chi connectivity index (χ1n) is 10.1. The van der Waals surface area contributed by atoms with Crippen LogP contribution in [0.5, 0.6) is 0 Å². The van der Waals surface area contributed by atoms with Crippen LogP contribution in [0.25, 0.3) is 0 Å². The van der Waals surface area contributed by atoms with Crippen molar-refractivity contribution in [2.75, 3.05) is 26.7 Å². The molecule has 1 saturated heterocycles. The number of nitrogens with one attached hydrogen (secondary N) is 1. The molecule has 2 aromatic rings. The molecular formula is C22H34IN5O. The summed E-state index contributed by atoms with van der Waals surface area (Å²) in [4.78, 5) is 6.74. The Kier molecular flexibility index (Phi) is 8.51. The van der Waals surface area contributed by atoms with Crippen molar-refractivity contribution >= 4 is 29.9 Å². The lowest BCUT2D eigenvalue weighted by Crippen LogP contribution is -2.47. The van der Waals surface area contributed by atoms with Gasteiger partial charge in [0.15, 0.2) is 5.96 Å². The smallest absolute Gasteiger partial charge is 0.194 e. The minimum absolute atomic E-state index is 0. The number of morpholine rings is 1. The van der Waals surface area contributed by atoms with E-state index in [0.717, 1.165) is 37.6 Å². The second kappa shape index (κ2) is 10.4. The molecule has 1 fully saturated rings. The minimum Gasteiger partial charge on any atom is -0.370 e. The number of guanidine groups is 1. The first-order chi connectivity index (χ1) is 13.4. The number of hydrogen-bond donors (Lipinski definition) is 1. The minimum atomic E-state index is 0. The Morgan fingerprint density at radius 3 is 2.62 bits per heavy atom. The van der Waals surface area contributed by atoms with Crippen molar-refractivity contribution in [1.82, 2.24) is 20.0 Å². The maximum atomic E-state index is 5.94. The molecule has 1 unspecified atom stereocenters. The number of aromatic nitrogens is 2. The highest BCUT2D eigenvalue weighted by Crippen LogP contribution is 2.26. The van der Waals surface area contributed by atoms with Crippen molar-refractivity contribution in [3.8, 4) is 0 Å². The van der Waals surface area contributed by atoms with Crippen LogP contribution in [-0.2, 0) is 23.7 Å². The predicted molar refractivity (Wildman–Crippen MR) is 129 cm³/mol. The second-order valence-corrected chi connectivity index (χ2v) is 8.09. The van der Waals surface area contributed by atoms with Crippen LogP contribution in [0.4, 0.5) is 0 Å². The Bertz CT molecular complexity index is 800. The molecule has 1 aromatic heterocycles. The van der Waals surface area contributed by atoms with E-state index >= 15 is 0 Å². The van der Waals surface area contributed by atoms with E-state index in [0.29, 0.717) is 6.61 Å². The molecule has 0 bridgehead atoms. The summed E-state index contributed by atoms with van der Waals surface area (Å²) in [5.41, 5.74) is 3.97. The number of ether oxygens (including phenoxy) is 1. The van der Waals surface area contributed by atoms with Crippen molar-refractivity contribution in [1.29, 1.82) is 0 Å². The van der Waals surface area contributed by atoms with Crippen molar-refractivity contribution in [3.05, 3.63) is 53.3 Å². The van der Waals surface area contributed by atoms with E-state index in [9.17, 15) is 0 Å². The van der Waals surface area contributed by atoms with E-state index in [1.807, 2.05) is 31.2 Å². The van der Waals surface area contributed by atoms with Gasteiger partial charge < -0.3 is 15.0 Å². The highest BCUT2D eigenvalue weighted by Gasteiger charge is 2.25. The molecule has 6 nitrogen and oxygen atoms in total. The Morgan fingerprint density at radius 1 is 1.31 bits per heavy atom. The molecule has 0 spiro atoms. The highest BCUT2D eigenvalue weighted by molar-refractivity contribution is 14.0. The van der Waals surface area contributed by atoms with Crippen LogP contribution in [0.2, 0.25) is 0 Å². The van der Waals surface area contributed by atoms with Crippen LogP contribution in [0.1, 0.15) is 50.0 Å². The Labute approximate surface area is 191 Å². The van der Waals surface area contributed by atoms with Crippen LogP contribution >= 0.6 is 24.0 Å². The highest BCUT2D eigenvalue weighted by atomic mass is 127. The van der Waals surface area contributed by atoms with Crippen LogP contribution in [0.15, 0.2) is 41.7 Å². The van der Waals surface area contributed by atoms with Gasteiger partial charge in [0.2, 0.25) is 0 Å². The van der Waals surface area contributed by atoms with Gasteiger partial charge in [0.1, 0.15) is 6.10 Å². The lowest BCUT2D eigenvalue weighted by Gasteiger charge is -2.34. The molecule has 1 aromatic carbocycles. The topological polar surface area (TPSA) is 54.7 Å². The average Bonchev–Trinajstić information content (AvgIpc) is 3.15. The number of halogens is 1. The van der Waals surface area contributed by atoms with E-state index in [1.165, 1.54) is 11.1 Å². The predicted octanol–water partition coefficient (Wildman–Crippen LogP) is 3.87. The third-order valence-corrected chi connectivity index (χ3v) is 5.74. The van der Waals surface area contributed by atoms with E-state index < -0.39 is 0 Å². The summed E-state index contributed by atoms with van der Waals surface area (Å²) in [6, 6.07) is 8.92. The molecule has 29 heavy (non-hydrogen) atoms. The number of aliphatic imine (C=N–C) groups is 1. The largest absolute Gasteiger partial charge is 0.370 e. The molecule has 160 valence electrons. The Hall–Kier alpha value is -1.61. The maximum Gasteiger partial charge on any atom is 0.194 e. The first kappa shape index (κ1) is 23.7. The zero-order valence-corrected chi connectivity index (χ0v) is 20.5. The summed E-state index contributed by atoms with van der Waals surface area (Å²) in [6.07, 6.45) is 5.05. The summed E-state index contributed by atoms with van der Waals surface area (Å²) in [6.45, 7) is 9.86. The molecular weight excluding hydrogens is 477 g/mol. The average molecular weight is 511 g/mol. The van der Waals surface area contributed by atoms with E-state index in [1.54, 1.807) is 0 Å². The fourth-order valence-corrected chi connectivity index (χ4v) is 3.44. The summed E-state index contributed by atoms with van der Waals surface area (Å²) < 4.78 is 7.76. The van der Waals surface area contributed by atoms with Gasteiger partial charge in [0.05, 0.1) is 19.3 Å².